The molecule has 4 aromatic carbocycles. The van der Waals surface area contributed by atoms with E-state index in [-0.39, 0.29) is 37.1 Å². The van der Waals surface area contributed by atoms with E-state index in [1.165, 1.54) is 11.0 Å². The van der Waals surface area contributed by atoms with Crippen LogP contribution in [0.1, 0.15) is 55.1 Å². The summed E-state index contributed by atoms with van der Waals surface area (Å²) in [5.41, 5.74) is 2.22. The van der Waals surface area contributed by atoms with E-state index in [2.05, 4.69) is 5.32 Å². The number of carbonyl (C=O) groups excluding carboxylic acids is 3. The highest BCUT2D eigenvalue weighted by atomic mass is 19.1. The average Bonchev–Trinajstić information content (AvgIpc) is 3.23. The molecule has 6 nitrogen and oxygen atoms in total. The maximum Gasteiger partial charge on any atom is 0.258 e. The van der Waals surface area contributed by atoms with Gasteiger partial charge in [0.2, 0.25) is 11.8 Å². The highest BCUT2D eigenvalue weighted by molar-refractivity contribution is 6.25. The summed E-state index contributed by atoms with van der Waals surface area (Å²) >= 11 is 0. The highest BCUT2D eigenvalue weighted by Crippen LogP contribution is 2.37. The molecule has 1 N–H and O–H groups in total. The molecule has 0 saturated heterocycles. The van der Waals surface area contributed by atoms with Gasteiger partial charge in [-0.1, -0.05) is 72.8 Å². The number of halogens is 1. The molecule has 42 heavy (non-hydrogen) atoms. The fourth-order valence-corrected chi connectivity index (χ4v) is 5.55. The first-order valence-electron chi connectivity index (χ1n) is 14.3. The molecule has 5 rings (SSSR count). The van der Waals surface area contributed by atoms with Crippen LogP contribution in [0.2, 0.25) is 0 Å². The van der Waals surface area contributed by atoms with Crippen molar-refractivity contribution in [2.75, 3.05) is 11.4 Å². The second kappa shape index (κ2) is 12.1. The molecular formula is C35H36FN3O3. The Bertz CT molecular complexity index is 1610. The van der Waals surface area contributed by atoms with Crippen LogP contribution in [0, 0.1) is 5.82 Å². The fourth-order valence-electron chi connectivity index (χ4n) is 5.55. The van der Waals surface area contributed by atoms with Crippen molar-refractivity contribution in [1.82, 2.24) is 10.2 Å². The molecule has 0 aliphatic carbocycles. The zero-order valence-corrected chi connectivity index (χ0v) is 24.3. The van der Waals surface area contributed by atoms with E-state index in [0.717, 1.165) is 22.0 Å². The van der Waals surface area contributed by atoms with Crippen LogP contribution in [0.25, 0.3) is 10.8 Å². The van der Waals surface area contributed by atoms with Crippen LogP contribution >= 0.6 is 0 Å². The first kappa shape index (κ1) is 29.0. The van der Waals surface area contributed by atoms with Crippen molar-refractivity contribution in [3.63, 3.8) is 0 Å². The zero-order chi connectivity index (χ0) is 29.9. The maximum atomic E-state index is 14.8. The van der Waals surface area contributed by atoms with E-state index in [1.54, 1.807) is 23.1 Å². The zero-order valence-electron chi connectivity index (χ0n) is 24.3. The van der Waals surface area contributed by atoms with Gasteiger partial charge in [0.15, 0.2) is 0 Å². The van der Waals surface area contributed by atoms with Crippen LogP contribution < -0.4 is 10.2 Å². The van der Waals surface area contributed by atoms with E-state index in [0.29, 0.717) is 24.1 Å². The van der Waals surface area contributed by atoms with Gasteiger partial charge in [-0.25, -0.2) is 4.39 Å². The molecule has 1 atom stereocenters. The normalized spacial score (nSPS) is 13.3. The molecule has 7 heteroatoms. The van der Waals surface area contributed by atoms with Crippen LogP contribution in [-0.4, -0.2) is 40.7 Å². The van der Waals surface area contributed by atoms with Gasteiger partial charge in [-0.3, -0.25) is 14.4 Å². The van der Waals surface area contributed by atoms with Gasteiger partial charge in [-0.05, 0) is 56.3 Å². The number of nitrogens with zero attached hydrogens (tertiary/aromatic N) is 2. The van der Waals surface area contributed by atoms with E-state index < -0.39 is 17.4 Å². The molecule has 0 fully saturated rings. The number of hydrogen-bond donors (Lipinski definition) is 1. The molecule has 1 aliphatic rings. The first-order valence-corrected chi connectivity index (χ1v) is 14.3. The van der Waals surface area contributed by atoms with E-state index in [9.17, 15) is 18.8 Å². The Balaban J connectivity index is 1.39. The molecule has 0 bridgehead atoms. The van der Waals surface area contributed by atoms with Crippen LogP contribution in [0.15, 0.2) is 91.0 Å². The summed E-state index contributed by atoms with van der Waals surface area (Å²) in [5.74, 6) is -1.08. The summed E-state index contributed by atoms with van der Waals surface area (Å²) in [5, 5.41) is 4.96. The molecule has 4 aromatic rings. The number of rotatable bonds is 10. The van der Waals surface area contributed by atoms with Gasteiger partial charge < -0.3 is 15.1 Å². The Morgan fingerprint density at radius 1 is 0.905 bits per heavy atom. The van der Waals surface area contributed by atoms with Crippen molar-refractivity contribution in [1.29, 1.82) is 0 Å². The largest absolute Gasteiger partial charge is 0.350 e. The smallest absolute Gasteiger partial charge is 0.258 e. The fraction of sp³-hybridized carbons (Fsp3) is 0.286. The minimum atomic E-state index is -0.856. The Morgan fingerprint density at radius 3 is 2.31 bits per heavy atom. The van der Waals surface area contributed by atoms with Crippen molar-refractivity contribution in [3.05, 3.63) is 114 Å². The quantitative estimate of drug-likeness (QED) is 0.246. The predicted octanol–water partition coefficient (Wildman–Crippen LogP) is 6.27. The van der Waals surface area contributed by atoms with Gasteiger partial charge in [0.1, 0.15) is 11.9 Å². The lowest BCUT2D eigenvalue weighted by Crippen LogP contribution is -2.54. The van der Waals surface area contributed by atoms with Gasteiger partial charge in [0, 0.05) is 48.0 Å². The SMILES string of the molecule is CC(C)(C)NC(=O)C(Cc1ccccc1)N(Cc1ccccc1F)C(=O)CCCN1C(=O)c2cccc3cccc1c23. The third-order valence-electron chi connectivity index (χ3n) is 7.49. The standard InChI is InChI=1S/C35H36FN3O3/c1-35(2,3)37-33(41)30(22-24-12-5-4-6-13-24)39(23-26-14-7-8-18-28(26)36)31(40)20-11-21-38-29-19-10-16-25-15-9-17-27(32(25)29)34(38)42/h4-10,12-19,30H,11,20-23H2,1-3H3,(H,37,41). The summed E-state index contributed by atoms with van der Waals surface area (Å²) in [6.07, 6.45) is 0.769. The monoisotopic (exact) mass is 565 g/mol. The van der Waals surface area contributed by atoms with E-state index in [4.69, 9.17) is 0 Å². The van der Waals surface area contributed by atoms with Crippen molar-refractivity contribution in [2.45, 2.75) is 58.2 Å². The predicted molar refractivity (Wildman–Crippen MR) is 164 cm³/mol. The summed E-state index contributed by atoms with van der Waals surface area (Å²) in [4.78, 5) is 44.1. The number of anilines is 1. The Kier molecular flexibility index (Phi) is 8.39. The van der Waals surface area contributed by atoms with Crippen LogP contribution in [0.3, 0.4) is 0 Å². The molecule has 1 aliphatic heterocycles. The third kappa shape index (κ3) is 6.35. The molecular weight excluding hydrogens is 529 g/mol. The first-order chi connectivity index (χ1) is 20.1. The van der Waals surface area contributed by atoms with Gasteiger partial charge in [0.25, 0.3) is 5.91 Å². The minimum Gasteiger partial charge on any atom is -0.350 e. The summed E-state index contributed by atoms with van der Waals surface area (Å²) in [6, 6.07) is 26.5. The van der Waals surface area contributed by atoms with Gasteiger partial charge in [-0.2, -0.15) is 0 Å². The average molecular weight is 566 g/mol. The molecule has 3 amide bonds. The molecule has 0 aromatic heterocycles. The second-order valence-corrected chi connectivity index (χ2v) is 11.8. The van der Waals surface area contributed by atoms with Crippen molar-refractivity contribution >= 4 is 34.2 Å². The number of hydrogen-bond acceptors (Lipinski definition) is 3. The highest BCUT2D eigenvalue weighted by Gasteiger charge is 2.33. The van der Waals surface area contributed by atoms with Crippen LogP contribution in [0.5, 0.6) is 0 Å². The summed E-state index contributed by atoms with van der Waals surface area (Å²) in [6.45, 7) is 5.97. The number of benzene rings is 4. The summed E-state index contributed by atoms with van der Waals surface area (Å²) in [7, 11) is 0. The lowest BCUT2D eigenvalue weighted by atomic mass is 10.00. The molecule has 0 spiro atoms. The Labute approximate surface area is 246 Å². The Morgan fingerprint density at radius 2 is 1.60 bits per heavy atom. The van der Waals surface area contributed by atoms with Crippen molar-refractivity contribution in [2.24, 2.45) is 0 Å². The van der Waals surface area contributed by atoms with Crippen molar-refractivity contribution in [3.8, 4) is 0 Å². The third-order valence-corrected chi connectivity index (χ3v) is 7.49. The number of nitrogens with one attached hydrogen (secondary N) is 1. The molecule has 0 saturated carbocycles. The lowest BCUT2D eigenvalue weighted by molar-refractivity contribution is -0.142. The van der Waals surface area contributed by atoms with E-state index >= 15 is 0 Å². The van der Waals surface area contributed by atoms with Crippen LogP contribution in [-0.2, 0) is 22.6 Å². The number of carbonyl (C=O) groups is 3. The van der Waals surface area contributed by atoms with Gasteiger partial charge in [-0.15, -0.1) is 0 Å². The topological polar surface area (TPSA) is 69.7 Å². The van der Waals surface area contributed by atoms with Crippen molar-refractivity contribution < 1.29 is 18.8 Å². The van der Waals surface area contributed by atoms with Gasteiger partial charge in [0.05, 0.1) is 5.69 Å². The molecule has 1 unspecified atom stereocenters. The minimum absolute atomic E-state index is 0.0477. The maximum absolute atomic E-state index is 14.8. The molecule has 0 radical (unpaired) electrons. The number of amides is 3. The second-order valence-electron chi connectivity index (χ2n) is 11.8. The van der Waals surface area contributed by atoms with E-state index in [1.807, 2.05) is 87.5 Å². The molecule has 216 valence electrons. The molecule has 1 heterocycles. The van der Waals surface area contributed by atoms with Crippen LogP contribution in [0.4, 0.5) is 10.1 Å². The Hall–Kier alpha value is -4.52. The van der Waals surface area contributed by atoms with Gasteiger partial charge >= 0.3 is 0 Å². The summed E-state index contributed by atoms with van der Waals surface area (Å²) < 4.78 is 14.8. The lowest BCUT2D eigenvalue weighted by Gasteiger charge is -2.34.